The molecule has 2 rings (SSSR count). The molecule has 4 heteroatoms. The maximum Gasteiger partial charge on any atom is 0.220 e. The van der Waals surface area contributed by atoms with Gasteiger partial charge in [-0.25, -0.2) is 14.4 Å². The Balaban J connectivity index is 2.58. The van der Waals surface area contributed by atoms with Crippen molar-refractivity contribution in [2.45, 2.75) is 13.3 Å². The van der Waals surface area contributed by atoms with E-state index in [2.05, 4.69) is 9.97 Å². The summed E-state index contributed by atoms with van der Waals surface area (Å²) in [5.74, 6) is -0.0757. The molecule has 0 radical (unpaired) electrons. The number of nitrogens with zero attached hydrogens (tertiary/aromatic N) is 2. The first kappa shape index (κ1) is 10.5. The lowest BCUT2D eigenvalue weighted by Gasteiger charge is -2.07. The number of rotatable bonds is 2. The summed E-state index contributed by atoms with van der Waals surface area (Å²) in [7, 11) is 0. The molecule has 82 valence electrons. The molecule has 1 aromatic heterocycles. The van der Waals surface area contributed by atoms with E-state index in [1.54, 1.807) is 12.3 Å². The summed E-state index contributed by atoms with van der Waals surface area (Å²) in [4.78, 5) is 8.09. The van der Waals surface area contributed by atoms with E-state index < -0.39 is 0 Å². The number of halogens is 1. The van der Waals surface area contributed by atoms with Crippen LogP contribution in [0.2, 0.25) is 0 Å². The Kier molecular flexibility index (Phi) is 2.81. The summed E-state index contributed by atoms with van der Waals surface area (Å²) in [5, 5.41) is 0. The Hall–Kier alpha value is -1.97. The van der Waals surface area contributed by atoms with Gasteiger partial charge < -0.3 is 5.73 Å². The van der Waals surface area contributed by atoms with Crippen molar-refractivity contribution >= 4 is 5.95 Å². The molecule has 2 N–H and O–H groups in total. The minimum absolute atomic E-state index is 0.205. The van der Waals surface area contributed by atoms with Gasteiger partial charge in [-0.15, -0.1) is 0 Å². The van der Waals surface area contributed by atoms with Crippen molar-refractivity contribution in [3.8, 4) is 11.3 Å². The van der Waals surface area contributed by atoms with Crippen molar-refractivity contribution in [2.75, 3.05) is 5.73 Å². The van der Waals surface area contributed by atoms with Gasteiger partial charge in [-0.3, -0.25) is 0 Å². The van der Waals surface area contributed by atoms with Gasteiger partial charge in [0.2, 0.25) is 5.95 Å². The lowest BCUT2D eigenvalue weighted by molar-refractivity contribution is 0.628. The Morgan fingerprint density at radius 3 is 2.88 bits per heavy atom. The predicted molar refractivity (Wildman–Crippen MR) is 61.2 cm³/mol. The number of hydrogen-bond donors (Lipinski definition) is 1. The zero-order chi connectivity index (χ0) is 11.5. The quantitative estimate of drug-likeness (QED) is 0.840. The average molecular weight is 217 g/mol. The first-order valence-electron chi connectivity index (χ1n) is 5.08. The van der Waals surface area contributed by atoms with Crippen LogP contribution in [-0.4, -0.2) is 9.97 Å². The fourth-order valence-electron chi connectivity index (χ4n) is 1.56. The molecule has 3 nitrogen and oxygen atoms in total. The molecular formula is C12H12FN3. The van der Waals surface area contributed by atoms with Crippen LogP contribution in [0.4, 0.5) is 10.3 Å². The second kappa shape index (κ2) is 4.26. The van der Waals surface area contributed by atoms with E-state index in [0.29, 0.717) is 5.69 Å². The molecule has 0 saturated heterocycles. The van der Waals surface area contributed by atoms with Crippen molar-refractivity contribution in [3.63, 3.8) is 0 Å². The predicted octanol–water partition coefficient (Wildman–Crippen LogP) is 2.43. The summed E-state index contributed by atoms with van der Waals surface area (Å²) >= 11 is 0. The highest BCUT2D eigenvalue weighted by molar-refractivity contribution is 5.63. The van der Waals surface area contributed by atoms with Crippen LogP contribution >= 0.6 is 0 Å². The van der Waals surface area contributed by atoms with Crippen LogP contribution in [0.15, 0.2) is 30.5 Å². The topological polar surface area (TPSA) is 51.8 Å². The number of aromatic nitrogens is 2. The Bertz CT molecular complexity index is 511. The summed E-state index contributed by atoms with van der Waals surface area (Å²) in [6.07, 6.45) is 2.47. The summed E-state index contributed by atoms with van der Waals surface area (Å²) in [6, 6.07) is 6.31. The average Bonchev–Trinajstić information content (AvgIpc) is 2.29. The standard InChI is InChI=1S/C12H12FN3/c1-2-8-7-15-12(14)16-11(8)9-4-3-5-10(13)6-9/h3-7H,2H2,1H3,(H2,14,15,16). The van der Waals surface area contributed by atoms with Gasteiger partial charge in [-0.1, -0.05) is 19.1 Å². The molecule has 0 bridgehead atoms. The molecule has 0 unspecified atom stereocenters. The van der Waals surface area contributed by atoms with Crippen LogP contribution in [0, 0.1) is 5.82 Å². The summed E-state index contributed by atoms with van der Waals surface area (Å²) in [5.41, 5.74) is 7.93. The van der Waals surface area contributed by atoms with E-state index in [4.69, 9.17) is 5.73 Å². The van der Waals surface area contributed by atoms with Crippen LogP contribution in [0.3, 0.4) is 0 Å². The number of nitrogen functional groups attached to an aromatic ring is 1. The molecule has 0 saturated carbocycles. The van der Waals surface area contributed by atoms with Gasteiger partial charge in [0, 0.05) is 11.8 Å². The van der Waals surface area contributed by atoms with Crippen molar-refractivity contribution in [1.29, 1.82) is 0 Å². The lowest BCUT2D eigenvalue weighted by atomic mass is 10.1. The van der Waals surface area contributed by atoms with Gasteiger partial charge in [0.25, 0.3) is 0 Å². The lowest BCUT2D eigenvalue weighted by Crippen LogP contribution is -2.00. The summed E-state index contributed by atoms with van der Waals surface area (Å²) < 4.78 is 13.1. The Morgan fingerprint density at radius 2 is 2.19 bits per heavy atom. The van der Waals surface area contributed by atoms with E-state index in [1.807, 2.05) is 13.0 Å². The fourth-order valence-corrected chi connectivity index (χ4v) is 1.56. The van der Waals surface area contributed by atoms with Crippen molar-refractivity contribution in [3.05, 3.63) is 41.8 Å². The van der Waals surface area contributed by atoms with Crippen molar-refractivity contribution < 1.29 is 4.39 Å². The highest BCUT2D eigenvalue weighted by atomic mass is 19.1. The van der Waals surface area contributed by atoms with Gasteiger partial charge in [0.15, 0.2) is 0 Å². The zero-order valence-corrected chi connectivity index (χ0v) is 8.94. The minimum atomic E-state index is -0.281. The summed E-state index contributed by atoms with van der Waals surface area (Å²) in [6.45, 7) is 2.00. The number of nitrogens with two attached hydrogens (primary N) is 1. The molecule has 0 aliphatic carbocycles. The van der Waals surface area contributed by atoms with Crippen LogP contribution in [0.1, 0.15) is 12.5 Å². The first-order chi connectivity index (χ1) is 7.70. The molecule has 0 aliphatic rings. The maximum absolute atomic E-state index is 13.1. The van der Waals surface area contributed by atoms with E-state index >= 15 is 0 Å². The van der Waals surface area contributed by atoms with E-state index in [1.165, 1.54) is 12.1 Å². The highest BCUT2D eigenvalue weighted by Gasteiger charge is 2.07. The number of anilines is 1. The highest BCUT2D eigenvalue weighted by Crippen LogP contribution is 2.22. The Labute approximate surface area is 93.2 Å². The second-order valence-electron chi connectivity index (χ2n) is 3.47. The molecule has 0 spiro atoms. The molecule has 1 heterocycles. The largest absolute Gasteiger partial charge is 0.368 e. The van der Waals surface area contributed by atoms with Gasteiger partial charge in [0.1, 0.15) is 5.82 Å². The molecular weight excluding hydrogens is 205 g/mol. The van der Waals surface area contributed by atoms with Crippen molar-refractivity contribution in [2.24, 2.45) is 0 Å². The smallest absolute Gasteiger partial charge is 0.220 e. The van der Waals surface area contributed by atoms with Gasteiger partial charge >= 0.3 is 0 Å². The number of aryl methyl sites for hydroxylation is 1. The molecule has 1 aromatic carbocycles. The normalized spacial score (nSPS) is 10.4. The van der Waals surface area contributed by atoms with Gasteiger partial charge in [-0.2, -0.15) is 0 Å². The van der Waals surface area contributed by atoms with Crippen LogP contribution in [-0.2, 0) is 6.42 Å². The fraction of sp³-hybridized carbons (Fsp3) is 0.167. The monoisotopic (exact) mass is 217 g/mol. The Morgan fingerprint density at radius 1 is 1.38 bits per heavy atom. The number of hydrogen-bond acceptors (Lipinski definition) is 3. The third-order valence-corrected chi connectivity index (χ3v) is 2.36. The van der Waals surface area contributed by atoms with Crippen LogP contribution in [0.5, 0.6) is 0 Å². The third-order valence-electron chi connectivity index (χ3n) is 2.36. The molecule has 0 fully saturated rings. The van der Waals surface area contributed by atoms with Crippen LogP contribution < -0.4 is 5.73 Å². The van der Waals surface area contributed by atoms with E-state index in [0.717, 1.165) is 17.5 Å². The molecule has 2 aromatic rings. The maximum atomic E-state index is 13.1. The van der Waals surface area contributed by atoms with Gasteiger partial charge in [0.05, 0.1) is 5.69 Å². The molecule has 0 aliphatic heterocycles. The first-order valence-corrected chi connectivity index (χ1v) is 5.08. The third kappa shape index (κ3) is 2.00. The van der Waals surface area contributed by atoms with Crippen LogP contribution in [0.25, 0.3) is 11.3 Å². The second-order valence-corrected chi connectivity index (χ2v) is 3.47. The van der Waals surface area contributed by atoms with Gasteiger partial charge in [-0.05, 0) is 24.1 Å². The molecule has 0 amide bonds. The molecule has 16 heavy (non-hydrogen) atoms. The van der Waals surface area contributed by atoms with Crippen molar-refractivity contribution in [1.82, 2.24) is 9.97 Å². The SMILES string of the molecule is CCc1cnc(N)nc1-c1cccc(F)c1. The number of benzene rings is 1. The zero-order valence-electron chi connectivity index (χ0n) is 8.94. The minimum Gasteiger partial charge on any atom is -0.368 e. The van der Waals surface area contributed by atoms with E-state index in [-0.39, 0.29) is 11.8 Å². The van der Waals surface area contributed by atoms with E-state index in [9.17, 15) is 4.39 Å². The molecule has 0 atom stereocenters.